The third-order valence-electron chi connectivity index (χ3n) is 3.97. The second kappa shape index (κ2) is 8.05. The third-order valence-corrected chi connectivity index (χ3v) is 3.97. The molecule has 1 aliphatic heterocycles. The molecule has 0 aromatic heterocycles. The number of fused-ring (bicyclic) bond motifs is 1. The SMILES string of the molecule is COc1cc([C@H](C)O)cc(OC)c1OCC(=O)Nc1ccc2c(c1)OCO2. The average Bonchev–Trinajstić information content (AvgIpc) is 3.13. The first-order valence-corrected chi connectivity index (χ1v) is 8.28. The summed E-state index contributed by atoms with van der Waals surface area (Å²) < 4.78 is 26.7. The van der Waals surface area contributed by atoms with E-state index in [1.54, 1.807) is 37.3 Å². The van der Waals surface area contributed by atoms with Crippen molar-refractivity contribution in [2.24, 2.45) is 0 Å². The highest BCUT2D eigenvalue weighted by atomic mass is 16.7. The summed E-state index contributed by atoms with van der Waals surface area (Å²) in [7, 11) is 2.94. The van der Waals surface area contributed by atoms with Crippen LogP contribution < -0.4 is 29.0 Å². The predicted octanol–water partition coefficient (Wildman–Crippen LogP) is 2.50. The van der Waals surface area contributed by atoms with Crippen LogP contribution in [0.4, 0.5) is 5.69 Å². The summed E-state index contributed by atoms with van der Waals surface area (Å²) in [6, 6.07) is 8.39. The van der Waals surface area contributed by atoms with Gasteiger partial charge in [0.15, 0.2) is 29.6 Å². The molecule has 0 radical (unpaired) electrons. The van der Waals surface area contributed by atoms with Gasteiger partial charge < -0.3 is 34.1 Å². The zero-order valence-electron chi connectivity index (χ0n) is 15.3. The lowest BCUT2D eigenvalue weighted by atomic mass is 10.1. The van der Waals surface area contributed by atoms with E-state index in [0.717, 1.165) is 0 Å². The van der Waals surface area contributed by atoms with E-state index in [2.05, 4.69) is 5.32 Å². The van der Waals surface area contributed by atoms with Crippen LogP contribution in [0.1, 0.15) is 18.6 Å². The van der Waals surface area contributed by atoms with Gasteiger partial charge in [-0.05, 0) is 36.8 Å². The molecule has 1 amide bonds. The lowest BCUT2D eigenvalue weighted by Crippen LogP contribution is -2.20. The predicted molar refractivity (Wildman–Crippen MR) is 96.9 cm³/mol. The fourth-order valence-corrected chi connectivity index (χ4v) is 2.59. The van der Waals surface area contributed by atoms with Crippen molar-refractivity contribution in [3.8, 4) is 28.7 Å². The Balaban J connectivity index is 1.69. The molecule has 1 atom stereocenters. The van der Waals surface area contributed by atoms with Gasteiger partial charge in [0.25, 0.3) is 5.91 Å². The van der Waals surface area contributed by atoms with Gasteiger partial charge >= 0.3 is 0 Å². The van der Waals surface area contributed by atoms with Crippen molar-refractivity contribution in [2.75, 3.05) is 32.9 Å². The summed E-state index contributed by atoms with van der Waals surface area (Å²) >= 11 is 0. The number of aliphatic hydroxyl groups excluding tert-OH is 1. The van der Waals surface area contributed by atoms with Gasteiger partial charge in [-0.3, -0.25) is 4.79 Å². The summed E-state index contributed by atoms with van der Waals surface area (Å²) in [5.41, 5.74) is 1.18. The first kappa shape index (κ1) is 18.7. The van der Waals surface area contributed by atoms with E-state index < -0.39 is 6.10 Å². The number of anilines is 1. The molecule has 0 saturated heterocycles. The Morgan fingerprint density at radius 3 is 2.44 bits per heavy atom. The van der Waals surface area contributed by atoms with Crippen LogP contribution in [0.5, 0.6) is 28.7 Å². The van der Waals surface area contributed by atoms with E-state index >= 15 is 0 Å². The fourth-order valence-electron chi connectivity index (χ4n) is 2.59. The smallest absolute Gasteiger partial charge is 0.262 e. The van der Waals surface area contributed by atoms with E-state index in [1.165, 1.54) is 14.2 Å². The standard InChI is InChI=1S/C19H21NO7/c1-11(21)12-6-16(23-2)19(17(7-12)24-3)25-9-18(22)20-13-4-5-14-15(8-13)27-10-26-14/h4-8,11,21H,9-10H2,1-3H3,(H,20,22)/t11-/m0/s1. The number of amides is 1. The topological polar surface area (TPSA) is 95.5 Å². The molecule has 8 heteroatoms. The number of rotatable bonds is 7. The number of carbonyl (C=O) groups excluding carboxylic acids is 1. The second-order valence-electron chi connectivity index (χ2n) is 5.84. The molecule has 2 N–H and O–H groups in total. The average molecular weight is 375 g/mol. The first-order chi connectivity index (χ1) is 13.0. The molecule has 2 aromatic carbocycles. The number of hydrogen-bond donors (Lipinski definition) is 2. The minimum atomic E-state index is -0.698. The molecule has 1 heterocycles. The summed E-state index contributed by atoms with van der Waals surface area (Å²) in [6.45, 7) is 1.54. The third kappa shape index (κ3) is 4.17. The second-order valence-corrected chi connectivity index (χ2v) is 5.84. The highest BCUT2D eigenvalue weighted by molar-refractivity contribution is 5.92. The Kier molecular flexibility index (Phi) is 5.56. The quantitative estimate of drug-likeness (QED) is 0.768. The number of hydrogen-bond acceptors (Lipinski definition) is 7. The van der Waals surface area contributed by atoms with Crippen LogP contribution in [-0.4, -0.2) is 38.6 Å². The van der Waals surface area contributed by atoms with Crippen LogP contribution in [0.15, 0.2) is 30.3 Å². The normalized spacial score (nSPS) is 13.0. The van der Waals surface area contributed by atoms with Crippen LogP contribution in [0.3, 0.4) is 0 Å². The maximum Gasteiger partial charge on any atom is 0.262 e. The van der Waals surface area contributed by atoms with Crippen LogP contribution >= 0.6 is 0 Å². The molecule has 8 nitrogen and oxygen atoms in total. The Hall–Kier alpha value is -3.13. The van der Waals surface area contributed by atoms with E-state index in [9.17, 15) is 9.90 Å². The van der Waals surface area contributed by atoms with E-state index in [0.29, 0.717) is 34.2 Å². The summed E-state index contributed by atoms with van der Waals surface area (Å²) in [5, 5.41) is 12.5. The molecule has 1 aliphatic rings. The summed E-state index contributed by atoms with van der Waals surface area (Å²) in [6.07, 6.45) is -0.698. The maximum absolute atomic E-state index is 12.2. The number of methoxy groups -OCH3 is 2. The number of aliphatic hydroxyl groups is 1. The van der Waals surface area contributed by atoms with Crippen molar-refractivity contribution in [1.29, 1.82) is 0 Å². The van der Waals surface area contributed by atoms with E-state index in [1.807, 2.05) is 0 Å². The van der Waals surface area contributed by atoms with Crippen molar-refractivity contribution in [1.82, 2.24) is 0 Å². The molecular formula is C19H21NO7. The summed E-state index contributed by atoms with van der Waals surface area (Å²) in [4.78, 5) is 12.2. The Morgan fingerprint density at radius 1 is 1.15 bits per heavy atom. The largest absolute Gasteiger partial charge is 0.493 e. The fraction of sp³-hybridized carbons (Fsp3) is 0.316. The zero-order chi connectivity index (χ0) is 19.4. The van der Waals surface area contributed by atoms with Crippen LogP contribution in [-0.2, 0) is 4.79 Å². The lowest BCUT2D eigenvalue weighted by molar-refractivity contribution is -0.118. The van der Waals surface area contributed by atoms with Gasteiger partial charge in [-0.1, -0.05) is 0 Å². The molecule has 27 heavy (non-hydrogen) atoms. The van der Waals surface area contributed by atoms with E-state index in [-0.39, 0.29) is 25.1 Å². The highest BCUT2D eigenvalue weighted by Gasteiger charge is 2.18. The van der Waals surface area contributed by atoms with Gasteiger partial charge in [-0.15, -0.1) is 0 Å². The van der Waals surface area contributed by atoms with Crippen LogP contribution in [0.25, 0.3) is 0 Å². The molecular weight excluding hydrogens is 354 g/mol. The first-order valence-electron chi connectivity index (χ1n) is 8.28. The Labute approximate surface area is 156 Å². The zero-order valence-corrected chi connectivity index (χ0v) is 15.3. The van der Waals surface area contributed by atoms with Crippen LogP contribution in [0, 0.1) is 0 Å². The highest BCUT2D eigenvalue weighted by Crippen LogP contribution is 2.40. The molecule has 2 aromatic rings. The number of nitrogens with one attached hydrogen (secondary N) is 1. The van der Waals surface area contributed by atoms with Gasteiger partial charge in [0.05, 0.1) is 20.3 Å². The molecule has 0 bridgehead atoms. The van der Waals surface area contributed by atoms with Crippen molar-refractivity contribution < 1.29 is 33.6 Å². The molecule has 0 spiro atoms. The molecule has 0 aliphatic carbocycles. The van der Waals surface area contributed by atoms with Crippen molar-refractivity contribution >= 4 is 11.6 Å². The van der Waals surface area contributed by atoms with Gasteiger partial charge in [-0.2, -0.15) is 0 Å². The Bertz CT molecular complexity index is 810. The molecule has 0 saturated carbocycles. The van der Waals surface area contributed by atoms with Crippen molar-refractivity contribution in [3.05, 3.63) is 35.9 Å². The van der Waals surface area contributed by atoms with E-state index in [4.69, 9.17) is 23.7 Å². The Morgan fingerprint density at radius 2 is 1.81 bits per heavy atom. The molecule has 3 rings (SSSR count). The van der Waals surface area contributed by atoms with Crippen molar-refractivity contribution in [3.63, 3.8) is 0 Å². The van der Waals surface area contributed by atoms with Crippen molar-refractivity contribution in [2.45, 2.75) is 13.0 Å². The minimum absolute atomic E-state index is 0.165. The number of carbonyl (C=O) groups is 1. The van der Waals surface area contributed by atoms with Gasteiger partial charge in [0.2, 0.25) is 12.5 Å². The molecule has 0 unspecified atom stereocenters. The number of benzene rings is 2. The molecule has 0 fully saturated rings. The maximum atomic E-state index is 12.2. The number of ether oxygens (including phenoxy) is 5. The van der Waals surface area contributed by atoms with Crippen LogP contribution in [0.2, 0.25) is 0 Å². The molecule has 144 valence electrons. The van der Waals surface area contributed by atoms with Gasteiger partial charge in [0.1, 0.15) is 0 Å². The summed E-state index contributed by atoms with van der Waals surface area (Å²) in [5.74, 6) is 1.85. The van der Waals surface area contributed by atoms with Gasteiger partial charge in [-0.25, -0.2) is 0 Å². The monoisotopic (exact) mass is 375 g/mol. The minimum Gasteiger partial charge on any atom is -0.493 e. The lowest BCUT2D eigenvalue weighted by Gasteiger charge is -2.17. The van der Waals surface area contributed by atoms with Gasteiger partial charge in [0, 0.05) is 11.8 Å².